The number of carboxylic acid groups (broad SMARTS) is 1. The van der Waals surface area contributed by atoms with Gasteiger partial charge in [-0.15, -0.1) is 10.2 Å². The fourth-order valence-corrected chi connectivity index (χ4v) is 3.74. The Morgan fingerprint density at radius 2 is 2.12 bits per heavy atom. The lowest BCUT2D eigenvalue weighted by Crippen LogP contribution is -2.25. The van der Waals surface area contributed by atoms with Crippen LogP contribution in [0.15, 0.2) is 18.2 Å². The van der Waals surface area contributed by atoms with Crippen LogP contribution in [0.4, 0.5) is 11.8 Å². The normalized spacial score (nSPS) is 11.8. The fraction of sp³-hybridized carbons (Fsp3) is 0.455. The van der Waals surface area contributed by atoms with Crippen LogP contribution in [0.1, 0.15) is 60.8 Å². The number of hydrogen-bond donors (Lipinski definition) is 4. The number of carbonyl (C=O) groups is 1. The van der Waals surface area contributed by atoms with Crippen molar-refractivity contribution in [3.63, 3.8) is 0 Å². The number of tetrazole rings is 1. The van der Waals surface area contributed by atoms with Gasteiger partial charge in [0.15, 0.2) is 5.82 Å². The molecule has 176 valence electrons. The monoisotopic (exact) mass is 454 g/mol. The van der Waals surface area contributed by atoms with Crippen LogP contribution in [0.25, 0.3) is 0 Å². The second-order valence-electron chi connectivity index (χ2n) is 7.90. The van der Waals surface area contributed by atoms with Crippen molar-refractivity contribution in [2.24, 2.45) is 0 Å². The van der Waals surface area contributed by atoms with E-state index >= 15 is 0 Å². The third kappa shape index (κ3) is 6.61. The van der Waals surface area contributed by atoms with Gasteiger partial charge in [-0.25, -0.2) is 4.98 Å². The third-order valence-electron chi connectivity index (χ3n) is 5.36. The van der Waals surface area contributed by atoms with Gasteiger partial charge in [-0.2, -0.15) is 10.2 Å². The number of nitrogens with one attached hydrogen (secondary N) is 2. The zero-order valence-electron chi connectivity index (χ0n) is 19.1. The molecule has 0 aliphatic carbocycles. The number of aromatic amines is 1. The Bertz CT molecular complexity index is 1070. The Balaban J connectivity index is 1.93. The number of unbranched alkanes of at least 4 members (excludes halogenated alkanes) is 1. The zero-order chi connectivity index (χ0) is 23.8. The molecule has 3 rings (SSSR count). The van der Waals surface area contributed by atoms with Crippen molar-refractivity contribution in [1.82, 2.24) is 30.6 Å². The first-order chi connectivity index (χ1) is 15.9. The van der Waals surface area contributed by atoms with Crippen LogP contribution < -0.4 is 15.8 Å². The first kappa shape index (κ1) is 23.9. The minimum Gasteiger partial charge on any atom is -0.496 e. The van der Waals surface area contributed by atoms with Gasteiger partial charge in [0.1, 0.15) is 11.6 Å². The Morgan fingerprint density at radius 1 is 1.30 bits per heavy atom. The molecular formula is C22H30N8O3. The van der Waals surface area contributed by atoms with Crippen LogP contribution in [-0.4, -0.2) is 54.8 Å². The highest BCUT2D eigenvalue weighted by Gasteiger charge is 2.19. The van der Waals surface area contributed by atoms with E-state index < -0.39 is 5.97 Å². The molecule has 0 aliphatic heterocycles. The summed E-state index contributed by atoms with van der Waals surface area (Å²) in [5.41, 5.74) is 9.42. The van der Waals surface area contributed by atoms with Crippen LogP contribution in [0.3, 0.4) is 0 Å². The molecule has 0 saturated carbocycles. The number of aromatic nitrogens is 6. The predicted molar refractivity (Wildman–Crippen MR) is 123 cm³/mol. The van der Waals surface area contributed by atoms with Crippen molar-refractivity contribution in [1.29, 1.82) is 0 Å². The number of nitrogens with zero attached hydrogens (tertiary/aromatic N) is 5. The average molecular weight is 455 g/mol. The van der Waals surface area contributed by atoms with Crippen LogP contribution in [0.5, 0.6) is 5.75 Å². The van der Waals surface area contributed by atoms with E-state index in [-0.39, 0.29) is 18.4 Å². The standard InChI is InChI=1S/C22H30N8O3/c1-4-5-6-16(12-20(31)32)25-21-17(13(2)24-22(23)26-21)11-15-9-14(7-8-18(15)33-3)10-19-27-29-30-28-19/h7-9,16H,4-6,10-12H2,1-3H3,(H,31,32)(H3,23,24,25,26)(H,27,28,29,30)/t16-/m0/s1. The van der Waals surface area contributed by atoms with E-state index in [1.807, 2.05) is 25.1 Å². The van der Waals surface area contributed by atoms with Crippen LogP contribution in [-0.2, 0) is 17.6 Å². The van der Waals surface area contributed by atoms with Crippen LogP contribution in [0, 0.1) is 6.92 Å². The van der Waals surface area contributed by atoms with Gasteiger partial charge in [0.05, 0.1) is 13.5 Å². The number of carboxylic acids is 1. The zero-order valence-corrected chi connectivity index (χ0v) is 19.1. The molecule has 0 unspecified atom stereocenters. The van der Waals surface area contributed by atoms with E-state index in [2.05, 4.69) is 42.8 Å². The van der Waals surface area contributed by atoms with E-state index in [1.54, 1.807) is 7.11 Å². The van der Waals surface area contributed by atoms with Gasteiger partial charge in [-0.1, -0.05) is 37.1 Å². The fourth-order valence-electron chi connectivity index (χ4n) is 3.74. The third-order valence-corrected chi connectivity index (χ3v) is 5.36. The maximum absolute atomic E-state index is 11.4. The number of aliphatic carboxylic acids is 1. The Morgan fingerprint density at radius 3 is 2.79 bits per heavy atom. The minimum absolute atomic E-state index is 0.00803. The van der Waals surface area contributed by atoms with Gasteiger partial charge < -0.3 is 20.9 Å². The van der Waals surface area contributed by atoms with Gasteiger partial charge in [0.2, 0.25) is 5.95 Å². The molecule has 0 radical (unpaired) electrons. The lowest BCUT2D eigenvalue weighted by molar-refractivity contribution is -0.137. The molecule has 11 heteroatoms. The van der Waals surface area contributed by atoms with Crippen molar-refractivity contribution in [2.75, 3.05) is 18.2 Å². The summed E-state index contributed by atoms with van der Waals surface area (Å²) in [6.07, 6.45) is 3.59. The summed E-state index contributed by atoms with van der Waals surface area (Å²) in [7, 11) is 1.62. The molecule has 5 N–H and O–H groups in total. The number of anilines is 2. The highest BCUT2D eigenvalue weighted by Crippen LogP contribution is 2.29. The molecule has 0 bridgehead atoms. The van der Waals surface area contributed by atoms with Crippen molar-refractivity contribution in [3.05, 3.63) is 46.4 Å². The van der Waals surface area contributed by atoms with Gasteiger partial charge in [0.25, 0.3) is 0 Å². The number of nitrogens with two attached hydrogens (primary N) is 1. The number of methoxy groups -OCH3 is 1. The number of H-pyrrole nitrogens is 1. The van der Waals surface area contributed by atoms with Crippen LogP contribution in [0.2, 0.25) is 0 Å². The number of ether oxygens (including phenoxy) is 1. The predicted octanol–water partition coefficient (Wildman–Crippen LogP) is 2.52. The molecule has 3 aromatic rings. The summed E-state index contributed by atoms with van der Waals surface area (Å²) in [5.74, 6) is 1.14. The van der Waals surface area contributed by atoms with Crippen LogP contribution >= 0.6 is 0 Å². The summed E-state index contributed by atoms with van der Waals surface area (Å²) in [6, 6.07) is 5.62. The van der Waals surface area contributed by atoms with E-state index in [0.29, 0.717) is 30.9 Å². The van der Waals surface area contributed by atoms with E-state index in [9.17, 15) is 9.90 Å². The second-order valence-corrected chi connectivity index (χ2v) is 7.90. The maximum atomic E-state index is 11.4. The Hall–Kier alpha value is -3.76. The highest BCUT2D eigenvalue weighted by molar-refractivity contribution is 5.68. The lowest BCUT2D eigenvalue weighted by atomic mass is 9.99. The molecular weight excluding hydrogens is 424 g/mol. The van der Waals surface area contributed by atoms with E-state index in [4.69, 9.17) is 10.5 Å². The Kier molecular flexibility index (Phi) is 8.11. The second kappa shape index (κ2) is 11.2. The SMILES string of the molecule is CCCC[C@@H](CC(=O)O)Nc1nc(N)nc(C)c1Cc1cc(Cc2nn[nH]n2)ccc1OC. The summed E-state index contributed by atoms with van der Waals surface area (Å²) in [6.45, 7) is 3.94. The number of nitrogen functional groups attached to an aromatic ring is 1. The highest BCUT2D eigenvalue weighted by atomic mass is 16.5. The minimum atomic E-state index is -0.861. The molecule has 2 heterocycles. The van der Waals surface area contributed by atoms with Gasteiger partial charge in [-0.3, -0.25) is 4.79 Å². The van der Waals surface area contributed by atoms with Crippen molar-refractivity contribution < 1.29 is 14.6 Å². The van der Waals surface area contributed by atoms with Crippen molar-refractivity contribution in [3.8, 4) is 5.75 Å². The molecule has 0 amide bonds. The van der Waals surface area contributed by atoms with Gasteiger partial charge >= 0.3 is 5.97 Å². The topological polar surface area (TPSA) is 165 Å². The molecule has 1 aromatic carbocycles. The van der Waals surface area contributed by atoms with Gasteiger partial charge in [0, 0.05) is 30.1 Å². The van der Waals surface area contributed by atoms with Crippen molar-refractivity contribution >= 4 is 17.7 Å². The number of hydrogen-bond acceptors (Lipinski definition) is 9. The summed E-state index contributed by atoms with van der Waals surface area (Å²) < 4.78 is 5.58. The number of benzene rings is 1. The molecule has 0 aliphatic rings. The largest absolute Gasteiger partial charge is 0.496 e. The number of rotatable bonds is 12. The van der Waals surface area contributed by atoms with Gasteiger partial charge in [-0.05, 0) is 30.5 Å². The molecule has 11 nitrogen and oxygen atoms in total. The Labute approximate surface area is 192 Å². The molecule has 2 aromatic heterocycles. The first-order valence-electron chi connectivity index (χ1n) is 10.9. The number of aryl methyl sites for hydroxylation is 1. The van der Waals surface area contributed by atoms with E-state index in [0.717, 1.165) is 41.0 Å². The quantitative estimate of drug-likeness (QED) is 0.319. The molecule has 0 fully saturated rings. The summed E-state index contributed by atoms with van der Waals surface area (Å²) in [5, 5.41) is 26.8. The molecule has 0 saturated heterocycles. The van der Waals surface area contributed by atoms with E-state index in [1.165, 1.54) is 0 Å². The first-order valence-corrected chi connectivity index (χ1v) is 10.9. The average Bonchev–Trinajstić information content (AvgIpc) is 3.27. The summed E-state index contributed by atoms with van der Waals surface area (Å²) in [4.78, 5) is 20.1. The maximum Gasteiger partial charge on any atom is 0.305 e. The molecule has 0 spiro atoms. The molecule has 1 atom stereocenters. The molecule has 33 heavy (non-hydrogen) atoms. The summed E-state index contributed by atoms with van der Waals surface area (Å²) >= 11 is 0. The smallest absolute Gasteiger partial charge is 0.305 e. The lowest BCUT2D eigenvalue weighted by Gasteiger charge is -2.21. The van der Waals surface area contributed by atoms with Crippen molar-refractivity contribution in [2.45, 2.75) is 58.4 Å².